The summed E-state index contributed by atoms with van der Waals surface area (Å²) in [7, 11) is 0. The molecule has 0 amide bonds. The molecule has 0 radical (unpaired) electrons. The molecule has 1 unspecified atom stereocenters. The molecule has 1 saturated heterocycles. The quantitative estimate of drug-likeness (QED) is 0.739. The Morgan fingerprint density at radius 1 is 1.29 bits per heavy atom. The van der Waals surface area contributed by atoms with Crippen LogP contribution in [0.15, 0.2) is 24.3 Å². The van der Waals surface area contributed by atoms with E-state index in [1.54, 1.807) is 6.07 Å². The molecule has 1 aliphatic rings. The molecule has 1 heterocycles. The van der Waals surface area contributed by atoms with E-state index in [1.807, 2.05) is 12.1 Å². The molecule has 0 aromatic heterocycles. The van der Waals surface area contributed by atoms with Gasteiger partial charge in [0, 0.05) is 6.04 Å². The van der Waals surface area contributed by atoms with Crippen molar-refractivity contribution < 1.29 is 4.39 Å². The molecule has 1 fully saturated rings. The predicted molar refractivity (Wildman–Crippen MR) is 68.6 cm³/mol. The topological polar surface area (TPSA) is 24.1 Å². The van der Waals surface area contributed by atoms with Crippen molar-refractivity contribution in [3.63, 3.8) is 0 Å². The molecule has 3 heteroatoms. The van der Waals surface area contributed by atoms with E-state index in [1.165, 1.54) is 31.9 Å². The molecule has 2 N–H and O–H groups in total. The average molecular weight is 236 g/mol. The van der Waals surface area contributed by atoms with E-state index >= 15 is 0 Å². The van der Waals surface area contributed by atoms with Gasteiger partial charge in [-0.3, -0.25) is 0 Å². The van der Waals surface area contributed by atoms with Crippen molar-refractivity contribution >= 4 is 0 Å². The van der Waals surface area contributed by atoms with Crippen molar-refractivity contribution in [1.29, 1.82) is 0 Å². The summed E-state index contributed by atoms with van der Waals surface area (Å²) in [6.45, 7) is 3.04. The summed E-state index contributed by atoms with van der Waals surface area (Å²) in [5.41, 5.74) is 0.805. The first kappa shape index (κ1) is 12.5. The fourth-order valence-corrected chi connectivity index (χ4v) is 2.33. The molecule has 17 heavy (non-hydrogen) atoms. The highest BCUT2D eigenvalue weighted by atomic mass is 19.1. The van der Waals surface area contributed by atoms with Crippen LogP contribution in [0.4, 0.5) is 4.39 Å². The predicted octanol–water partition coefficient (Wildman–Crippen LogP) is 2.10. The Labute approximate surface area is 103 Å². The van der Waals surface area contributed by atoms with Crippen LogP contribution < -0.4 is 10.6 Å². The molecule has 1 aliphatic heterocycles. The first-order chi connectivity index (χ1) is 8.36. The van der Waals surface area contributed by atoms with Gasteiger partial charge in [-0.2, -0.15) is 0 Å². The second-order valence-corrected chi connectivity index (χ2v) is 4.67. The van der Waals surface area contributed by atoms with E-state index in [2.05, 4.69) is 10.6 Å². The van der Waals surface area contributed by atoms with Gasteiger partial charge in [0.25, 0.3) is 0 Å². The van der Waals surface area contributed by atoms with Gasteiger partial charge >= 0.3 is 0 Å². The summed E-state index contributed by atoms with van der Waals surface area (Å²) in [6, 6.07) is 7.70. The third kappa shape index (κ3) is 4.10. The molecule has 2 rings (SSSR count). The van der Waals surface area contributed by atoms with Crippen molar-refractivity contribution in [1.82, 2.24) is 10.6 Å². The van der Waals surface area contributed by atoms with E-state index in [9.17, 15) is 4.39 Å². The smallest absolute Gasteiger partial charge is 0.126 e. The second-order valence-electron chi connectivity index (χ2n) is 4.67. The number of nitrogens with one attached hydrogen (secondary N) is 2. The lowest BCUT2D eigenvalue weighted by atomic mass is 10.1. The van der Waals surface area contributed by atoms with E-state index in [4.69, 9.17) is 0 Å². The summed E-state index contributed by atoms with van der Waals surface area (Å²) < 4.78 is 13.3. The van der Waals surface area contributed by atoms with Crippen LogP contribution in [0.1, 0.15) is 24.8 Å². The molecule has 0 saturated carbocycles. The van der Waals surface area contributed by atoms with Gasteiger partial charge in [0.1, 0.15) is 5.82 Å². The lowest BCUT2D eigenvalue weighted by Gasteiger charge is -2.10. The van der Waals surface area contributed by atoms with Crippen LogP contribution in [-0.2, 0) is 6.42 Å². The SMILES string of the molecule is Fc1ccccc1CCNCCC1CCCN1. The maximum Gasteiger partial charge on any atom is 0.126 e. The highest BCUT2D eigenvalue weighted by Gasteiger charge is 2.12. The summed E-state index contributed by atoms with van der Waals surface area (Å²) in [5, 5.41) is 6.86. The number of hydrogen-bond acceptors (Lipinski definition) is 2. The van der Waals surface area contributed by atoms with E-state index in [0.29, 0.717) is 6.04 Å². The molecule has 0 bridgehead atoms. The minimum absolute atomic E-state index is 0.0910. The van der Waals surface area contributed by atoms with Crippen LogP contribution in [0.2, 0.25) is 0 Å². The van der Waals surface area contributed by atoms with Gasteiger partial charge in [0.2, 0.25) is 0 Å². The van der Waals surface area contributed by atoms with Gasteiger partial charge in [-0.05, 0) is 56.9 Å². The lowest BCUT2D eigenvalue weighted by Crippen LogP contribution is -2.28. The van der Waals surface area contributed by atoms with E-state index in [0.717, 1.165) is 25.1 Å². The van der Waals surface area contributed by atoms with Crippen LogP contribution in [0.3, 0.4) is 0 Å². The van der Waals surface area contributed by atoms with E-state index in [-0.39, 0.29) is 5.82 Å². The Hall–Kier alpha value is -0.930. The van der Waals surface area contributed by atoms with Gasteiger partial charge in [-0.1, -0.05) is 18.2 Å². The highest BCUT2D eigenvalue weighted by molar-refractivity contribution is 5.17. The lowest BCUT2D eigenvalue weighted by molar-refractivity contribution is 0.522. The number of rotatable bonds is 6. The largest absolute Gasteiger partial charge is 0.316 e. The molecule has 0 aliphatic carbocycles. The first-order valence-electron chi connectivity index (χ1n) is 6.54. The minimum Gasteiger partial charge on any atom is -0.316 e. The van der Waals surface area contributed by atoms with Crippen molar-refractivity contribution in [3.8, 4) is 0 Å². The third-order valence-electron chi connectivity index (χ3n) is 3.36. The molecule has 1 aromatic rings. The highest BCUT2D eigenvalue weighted by Crippen LogP contribution is 2.08. The van der Waals surface area contributed by atoms with Crippen LogP contribution in [-0.4, -0.2) is 25.7 Å². The molecule has 0 spiro atoms. The maximum absolute atomic E-state index is 13.3. The number of benzene rings is 1. The Kier molecular flexibility index (Phi) is 4.95. The van der Waals surface area contributed by atoms with Gasteiger partial charge in [0.15, 0.2) is 0 Å². The molecular weight excluding hydrogens is 215 g/mol. The van der Waals surface area contributed by atoms with Crippen LogP contribution >= 0.6 is 0 Å². The van der Waals surface area contributed by atoms with E-state index < -0.39 is 0 Å². The number of hydrogen-bond donors (Lipinski definition) is 2. The van der Waals surface area contributed by atoms with Crippen molar-refractivity contribution in [2.24, 2.45) is 0 Å². The third-order valence-corrected chi connectivity index (χ3v) is 3.36. The Balaban J connectivity index is 1.58. The monoisotopic (exact) mass is 236 g/mol. The zero-order valence-corrected chi connectivity index (χ0v) is 10.2. The first-order valence-corrected chi connectivity index (χ1v) is 6.54. The van der Waals surface area contributed by atoms with Gasteiger partial charge in [-0.25, -0.2) is 4.39 Å². The van der Waals surface area contributed by atoms with Crippen molar-refractivity contribution in [3.05, 3.63) is 35.6 Å². The van der Waals surface area contributed by atoms with Crippen LogP contribution in [0, 0.1) is 5.82 Å². The average Bonchev–Trinajstić information content (AvgIpc) is 2.84. The minimum atomic E-state index is -0.0910. The molecule has 1 atom stereocenters. The number of halogens is 1. The van der Waals surface area contributed by atoms with Crippen molar-refractivity contribution in [2.45, 2.75) is 31.7 Å². The fraction of sp³-hybridized carbons (Fsp3) is 0.571. The fourth-order valence-electron chi connectivity index (χ4n) is 2.33. The van der Waals surface area contributed by atoms with Crippen LogP contribution in [0.25, 0.3) is 0 Å². The van der Waals surface area contributed by atoms with Gasteiger partial charge in [0.05, 0.1) is 0 Å². The Bertz CT molecular complexity index is 335. The zero-order chi connectivity index (χ0) is 11.9. The molecular formula is C14H21FN2. The van der Waals surface area contributed by atoms with Crippen molar-refractivity contribution in [2.75, 3.05) is 19.6 Å². The molecule has 1 aromatic carbocycles. The summed E-state index contributed by atoms with van der Waals surface area (Å²) in [4.78, 5) is 0. The standard InChI is InChI=1S/C14H21FN2/c15-14-6-2-1-4-12(14)7-10-16-11-8-13-5-3-9-17-13/h1-2,4,6,13,16-17H,3,5,7-11H2. The Morgan fingerprint density at radius 2 is 2.18 bits per heavy atom. The van der Waals surface area contributed by atoms with Gasteiger partial charge in [-0.15, -0.1) is 0 Å². The van der Waals surface area contributed by atoms with Gasteiger partial charge < -0.3 is 10.6 Å². The maximum atomic E-state index is 13.3. The summed E-state index contributed by atoms with van der Waals surface area (Å²) >= 11 is 0. The normalized spacial score (nSPS) is 19.7. The summed E-state index contributed by atoms with van der Waals surface area (Å²) in [6.07, 6.45) is 4.55. The molecule has 2 nitrogen and oxygen atoms in total. The second kappa shape index (κ2) is 6.72. The molecule has 94 valence electrons. The Morgan fingerprint density at radius 3 is 2.94 bits per heavy atom. The summed E-state index contributed by atoms with van der Waals surface area (Å²) in [5.74, 6) is -0.0910. The zero-order valence-electron chi connectivity index (χ0n) is 10.2. The van der Waals surface area contributed by atoms with Crippen LogP contribution in [0.5, 0.6) is 0 Å².